The van der Waals surface area contributed by atoms with Crippen molar-refractivity contribution in [1.29, 1.82) is 0 Å². The van der Waals surface area contributed by atoms with Gasteiger partial charge in [0.2, 0.25) is 15.9 Å². The van der Waals surface area contributed by atoms with Gasteiger partial charge in [-0.05, 0) is 50.2 Å². The van der Waals surface area contributed by atoms with Crippen LogP contribution in [0.25, 0.3) is 11.5 Å². The van der Waals surface area contributed by atoms with Crippen molar-refractivity contribution >= 4 is 33.3 Å². The second-order valence-corrected chi connectivity index (χ2v) is 9.36. The predicted octanol–water partition coefficient (Wildman–Crippen LogP) is 3.78. The monoisotopic (exact) mass is 417 g/mol. The molecule has 0 aliphatic rings. The highest BCUT2D eigenvalue weighted by Gasteiger charge is 2.20. The number of anilines is 1. The van der Waals surface area contributed by atoms with Crippen LogP contribution in [0, 0.1) is 6.92 Å². The van der Waals surface area contributed by atoms with Gasteiger partial charge in [0, 0.05) is 16.8 Å². The van der Waals surface area contributed by atoms with E-state index in [0.717, 1.165) is 17.4 Å². The zero-order valence-electron chi connectivity index (χ0n) is 15.5. The Labute approximate surface area is 167 Å². The molecule has 1 atom stereocenters. The molecule has 1 N–H and O–H groups in total. The number of ketones is 1. The van der Waals surface area contributed by atoms with Crippen LogP contribution >= 0.6 is 11.8 Å². The van der Waals surface area contributed by atoms with E-state index >= 15 is 0 Å². The molecule has 28 heavy (non-hydrogen) atoms. The first-order valence-corrected chi connectivity index (χ1v) is 11.2. The van der Waals surface area contributed by atoms with Crippen molar-refractivity contribution in [1.82, 2.24) is 10.2 Å². The Kier molecular flexibility index (Phi) is 5.85. The molecule has 1 aromatic heterocycles. The molecule has 1 heterocycles. The lowest BCUT2D eigenvalue weighted by Gasteiger charge is -2.09. The number of nitrogens with one attached hydrogen (secondary N) is 1. The molecular formula is C19H19N3O4S2. The minimum atomic E-state index is -3.36. The van der Waals surface area contributed by atoms with E-state index in [-0.39, 0.29) is 5.78 Å². The summed E-state index contributed by atoms with van der Waals surface area (Å²) in [6, 6.07) is 14.0. The number of Topliss-reactive ketones (excluding diaryl/α,β-unsaturated/α-hetero) is 1. The fourth-order valence-electron chi connectivity index (χ4n) is 2.51. The summed E-state index contributed by atoms with van der Waals surface area (Å²) in [6.45, 7) is 3.74. The third-order valence-corrected chi connectivity index (χ3v) is 5.33. The van der Waals surface area contributed by atoms with Gasteiger partial charge in [-0.15, -0.1) is 10.2 Å². The van der Waals surface area contributed by atoms with Gasteiger partial charge in [-0.25, -0.2) is 8.42 Å². The van der Waals surface area contributed by atoms with E-state index < -0.39 is 15.3 Å². The van der Waals surface area contributed by atoms with Crippen LogP contribution in [0.2, 0.25) is 0 Å². The zero-order valence-corrected chi connectivity index (χ0v) is 17.2. The molecule has 0 saturated carbocycles. The molecule has 3 rings (SSSR count). The van der Waals surface area contributed by atoms with E-state index in [0.29, 0.717) is 22.4 Å². The SMILES string of the molecule is Cc1cccc(-c2nnc(S[C@H](C)C(=O)c3ccc(NS(C)(=O)=O)cc3)o2)c1. The van der Waals surface area contributed by atoms with E-state index in [1.54, 1.807) is 31.2 Å². The summed E-state index contributed by atoms with van der Waals surface area (Å²) in [6.07, 6.45) is 1.07. The topological polar surface area (TPSA) is 102 Å². The molecule has 0 spiro atoms. The first-order valence-electron chi connectivity index (χ1n) is 8.40. The second kappa shape index (κ2) is 8.15. The van der Waals surface area contributed by atoms with Crippen molar-refractivity contribution in [2.45, 2.75) is 24.3 Å². The lowest BCUT2D eigenvalue weighted by Crippen LogP contribution is -2.14. The predicted molar refractivity (Wildman–Crippen MR) is 109 cm³/mol. The highest BCUT2D eigenvalue weighted by atomic mass is 32.2. The Balaban J connectivity index is 1.67. The molecule has 3 aromatic rings. The number of carbonyl (C=O) groups is 1. The van der Waals surface area contributed by atoms with E-state index in [2.05, 4.69) is 14.9 Å². The molecule has 9 heteroatoms. The third-order valence-electron chi connectivity index (χ3n) is 3.79. The fraction of sp³-hybridized carbons (Fsp3) is 0.211. The number of carbonyl (C=O) groups excluding carboxylic acids is 1. The van der Waals surface area contributed by atoms with Crippen molar-refractivity contribution in [2.75, 3.05) is 11.0 Å². The minimum absolute atomic E-state index is 0.119. The fourth-order valence-corrected chi connectivity index (χ4v) is 3.83. The molecule has 0 aliphatic heterocycles. The molecule has 0 aliphatic carbocycles. The Morgan fingerprint density at radius 2 is 1.86 bits per heavy atom. The van der Waals surface area contributed by atoms with Gasteiger partial charge in [0.1, 0.15) is 0 Å². The van der Waals surface area contributed by atoms with Gasteiger partial charge in [-0.1, -0.05) is 29.5 Å². The Hall–Kier alpha value is -2.65. The van der Waals surface area contributed by atoms with Gasteiger partial charge in [0.15, 0.2) is 5.78 Å². The number of rotatable bonds is 7. The molecule has 0 unspecified atom stereocenters. The third kappa shape index (κ3) is 5.20. The first-order chi connectivity index (χ1) is 13.2. The summed E-state index contributed by atoms with van der Waals surface area (Å²) in [4.78, 5) is 12.6. The van der Waals surface area contributed by atoms with E-state index in [1.165, 1.54) is 11.8 Å². The normalized spacial score (nSPS) is 12.5. The van der Waals surface area contributed by atoms with E-state index in [4.69, 9.17) is 4.42 Å². The van der Waals surface area contributed by atoms with Crippen LogP contribution in [0.4, 0.5) is 5.69 Å². The number of hydrogen-bond acceptors (Lipinski definition) is 7. The summed E-state index contributed by atoms with van der Waals surface area (Å²) in [5.41, 5.74) is 2.78. The standard InChI is InChI=1S/C19H19N3O4S2/c1-12-5-4-6-15(11-12)18-20-21-19(26-18)27-13(2)17(23)14-7-9-16(10-8-14)22-28(3,24)25/h4-11,13,22H,1-3H3/t13-/m1/s1. The summed E-state index contributed by atoms with van der Waals surface area (Å²) in [5, 5.41) is 7.92. The van der Waals surface area contributed by atoms with Gasteiger partial charge in [-0.2, -0.15) is 0 Å². The Bertz CT molecular complexity index is 1090. The van der Waals surface area contributed by atoms with Crippen LogP contribution < -0.4 is 4.72 Å². The first kappa shape index (κ1) is 20.1. The number of sulfonamides is 1. The van der Waals surface area contributed by atoms with Crippen molar-refractivity contribution in [2.24, 2.45) is 0 Å². The largest absolute Gasteiger partial charge is 0.411 e. The number of aryl methyl sites for hydroxylation is 1. The molecular weight excluding hydrogens is 398 g/mol. The van der Waals surface area contributed by atoms with E-state index in [1.807, 2.05) is 31.2 Å². The Morgan fingerprint density at radius 3 is 2.50 bits per heavy atom. The average molecular weight is 418 g/mol. The van der Waals surface area contributed by atoms with Gasteiger partial charge >= 0.3 is 0 Å². The smallest absolute Gasteiger partial charge is 0.277 e. The molecule has 0 fully saturated rings. The second-order valence-electron chi connectivity index (χ2n) is 6.32. The molecule has 0 bridgehead atoms. The lowest BCUT2D eigenvalue weighted by molar-refractivity contribution is 0.0993. The van der Waals surface area contributed by atoms with E-state index in [9.17, 15) is 13.2 Å². The van der Waals surface area contributed by atoms with Gasteiger partial charge in [0.25, 0.3) is 5.22 Å². The summed E-state index contributed by atoms with van der Waals surface area (Å²) in [7, 11) is -3.36. The maximum absolute atomic E-state index is 12.6. The average Bonchev–Trinajstić information content (AvgIpc) is 3.09. The highest BCUT2D eigenvalue weighted by Crippen LogP contribution is 2.28. The quantitative estimate of drug-likeness (QED) is 0.461. The summed E-state index contributed by atoms with van der Waals surface area (Å²) in [5.74, 6) is 0.285. The maximum atomic E-state index is 12.6. The highest BCUT2D eigenvalue weighted by molar-refractivity contribution is 8.00. The number of thioether (sulfide) groups is 1. The van der Waals surface area contributed by atoms with Gasteiger partial charge < -0.3 is 4.42 Å². The molecule has 0 saturated heterocycles. The number of aromatic nitrogens is 2. The molecule has 0 radical (unpaired) electrons. The van der Waals surface area contributed by atoms with Crippen LogP contribution in [-0.2, 0) is 10.0 Å². The molecule has 2 aromatic carbocycles. The number of nitrogens with zero attached hydrogens (tertiary/aromatic N) is 2. The molecule has 0 amide bonds. The van der Waals surface area contributed by atoms with Crippen molar-refractivity contribution in [3.05, 3.63) is 59.7 Å². The van der Waals surface area contributed by atoms with Crippen LogP contribution in [0.1, 0.15) is 22.8 Å². The molecule has 7 nitrogen and oxygen atoms in total. The Morgan fingerprint density at radius 1 is 1.14 bits per heavy atom. The van der Waals surface area contributed by atoms with Gasteiger partial charge in [0.05, 0.1) is 11.5 Å². The van der Waals surface area contributed by atoms with Crippen LogP contribution in [0.15, 0.2) is 58.2 Å². The lowest BCUT2D eigenvalue weighted by atomic mass is 10.1. The minimum Gasteiger partial charge on any atom is -0.411 e. The van der Waals surface area contributed by atoms with Crippen molar-refractivity contribution in [3.8, 4) is 11.5 Å². The summed E-state index contributed by atoms with van der Waals surface area (Å²) < 4.78 is 30.5. The van der Waals surface area contributed by atoms with Crippen LogP contribution in [0.3, 0.4) is 0 Å². The number of benzene rings is 2. The van der Waals surface area contributed by atoms with Gasteiger partial charge in [-0.3, -0.25) is 9.52 Å². The van der Waals surface area contributed by atoms with Crippen LogP contribution in [0.5, 0.6) is 0 Å². The van der Waals surface area contributed by atoms with Crippen molar-refractivity contribution in [3.63, 3.8) is 0 Å². The van der Waals surface area contributed by atoms with Crippen LogP contribution in [-0.4, -0.2) is 35.9 Å². The zero-order chi connectivity index (χ0) is 20.3. The number of hydrogen-bond donors (Lipinski definition) is 1. The summed E-state index contributed by atoms with van der Waals surface area (Å²) >= 11 is 1.18. The maximum Gasteiger partial charge on any atom is 0.277 e. The van der Waals surface area contributed by atoms with Crippen molar-refractivity contribution < 1.29 is 17.6 Å². The molecule has 146 valence electrons.